The molecular weight excluding hydrogens is 438 g/mol. The lowest BCUT2D eigenvalue weighted by molar-refractivity contribution is 0.330. The van der Waals surface area contributed by atoms with Gasteiger partial charge in [0.15, 0.2) is 0 Å². The molecule has 2 heterocycles. The molecule has 0 radical (unpaired) electrons. The van der Waals surface area contributed by atoms with Gasteiger partial charge in [0.05, 0.1) is 12.4 Å². The number of para-hydroxylation sites is 1. The van der Waals surface area contributed by atoms with Gasteiger partial charge in [-0.1, -0.05) is 54.6 Å². The van der Waals surface area contributed by atoms with Gasteiger partial charge in [-0.2, -0.15) is 22.0 Å². The van der Waals surface area contributed by atoms with E-state index in [0.29, 0.717) is 5.25 Å². The van der Waals surface area contributed by atoms with Crippen LogP contribution >= 0.6 is 11.8 Å². The van der Waals surface area contributed by atoms with E-state index in [1.54, 1.807) is 0 Å². The molecular formula is C29H25N3OS. The third kappa shape index (κ3) is 3.97. The quantitative estimate of drug-likeness (QED) is 0.149. The Bertz CT molecular complexity index is 1560. The van der Waals surface area contributed by atoms with Gasteiger partial charge in [-0.05, 0) is 47.5 Å². The van der Waals surface area contributed by atoms with Crippen molar-refractivity contribution in [3.8, 4) is 5.75 Å². The Balaban J connectivity index is 1.31. The highest BCUT2D eigenvalue weighted by Crippen LogP contribution is 2.33. The topological polar surface area (TPSA) is 38.9 Å². The summed E-state index contributed by atoms with van der Waals surface area (Å²) in [6.45, 7) is 3.86. The molecule has 1 unspecified atom stereocenters. The first kappa shape index (κ1) is 21.0. The summed E-state index contributed by atoms with van der Waals surface area (Å²) in [5, 5.41) is 14.2. The molecule has 0 saturated carbocycles. The Morgan fingerprint density at radius 3 is 2.50 bits per heavy atom. The van der Waals surface area contributed by atoms with Gasteiger partial charge < -0.3 is 9.30 Å². The van der Waals surface area contributed by atoms with Crippen LogP contribution in [-0.4, -0.2) is 34.6 Å². The Morgan fingerprint density at radius 2 is 1.65 bits per heavy atom. The Kier molecular flexibility index (Phi) is 5.55. The molecule has 1 aromatic heterocycles. The first-order valence-electron chi connectivity index (χ1n) is 11.7. The number of fused-ring (bicyclic) bond motifs is 4. The molecule has 168 valence electrons. The normalized spacial score (nSPS) is 15.9. The average Bonchev–Trinajstić information content (AvgIpc) is 3.66. The smallest absolute Gasteiger partial charge is 0.128 e. The van der Waals surface area contributed by atoms with E-state index >= 15 is 0 Å². The van der Waals surface area contributed by atoms with Gasteiger partial charge in [-0.3, -0.25) is 0 Å². The molecule has 4 nitrogen and oxygen atoms in total. The fraction of sp³-hybridized carbons (Fsp3) is 0.172. The third-order valence-corrected chi connectivity index (χ3v) is 7.27. The SMILES string of the molecule is CCn1c2ccccc2c2cc(/C=N\N=C/c3c(OCC4CS4)ccc4ccccc34)ccc21. The number of hydrogen-bond acceptors (Lipinski definition) is 4. The molecule has 0 bridgehead atoms. The van der Waals surface area contributed by atoms with Crippen molar-refractivity contribution in [1.29, 1.82) is 0 Å². The Labute approximate surface area is 202 Å². The molecule has 0 aliphatic carbocycles. The molecule has 1 saturated heterocycles. The molecule has 4 aromatic carbocycles. The summed E-state index contributed by atoms with van der Waals surface area (Å²) in [6.07, 6.45) is 3.64. The van der Waals surface area contributed by atoms with Crippen LogP contribution in [-0.2, 0) is 6.54 Å². The molecule has 34 heavy (non-hydrogen) atoms. The van der Waals surface area contributed by atoms with Crippen LogP contribution in [0.3, 0.4) is 0 Å². The van der Waals surface area contributed by atoms with E-state index in [2.05, 4.69) is 88.4 Å². The fourth-order valence-corrected chi connectivity index (χ4v) is 4.96. The van der Waals surface area contributed by atoms with Crippen molar-refractivity contribution < 1.29 is 4.74 Å². The number of nitrogens with zero attached hydrogens (tertiary/aromatic N) is 3. The lowest BCUT2D eigenvalue weighted by Crippen LogP contribution is -2.05. The van der Waals surface area contributed by atoms with E-state index in [4.69, 9.17) is 4.74 Å². The van der Waals surface area contributed by atoms with Crippen molar-refractivity contribution in [2.75, 3.05) is 12.4 Å². The molecule has 5 aromatic rings. The highest BCUT2D eigenvalue weighted by molar-refractivity contribution is 8.06. The van der Waals surface area contributed by atoms with E-state index < -0.39 is 0 Å². The second-order valence-electron chi connectivity index (χ2n) is 8.49. The number of benzene rings is 4. The highest BCUT2D eigenvalue weighted by atomic mass is 32.2. The second-order valence-corrected chi connectivity index (χ2v) is 9.83. The van der Waals surface area contributed by atoms with Crippen LogP contribution in [0.2, 0.25) is 0 Å². The molecule has 0 spiro atoms. The summed E-state index contributed by atoms with van der Waals surface area (Å²) in [4.78, 5) is 0. The summed E-state index contributed by atoms with van der Waals surface area (Å²) < 4.78 is 8.47. The minimum Gasteiger partial charge on any atom is -0.492 e. The molecule has 6 rings (SSSR count). The number of thioether (sulfide) groups is 1. The summed E-state index contributed by atoms with van der Waals surface area (Å²) >= 11 is 1.94. The van der Waals surface area contributed by atoms with E-state index in [1.807, 2.05) is 36.3 Å². The van der Waals surface area contributed by atoms with Gasteiger partial charge in [-0.15, -0.1) is 0 Å². The van der Waals surface area contributed by atoms with Gasteiger partial charge in [0.25, 0.3) is 0 Å². The minimum absolute atomic E-state index is 0.614. The van der Waals surface area contributed by atoms with Crippen LogP contribution in [0.25, 0.3) is 32.6 Å². The molecule has 1 aliphatic heterocycles. The van der Waals surface area contributed by atoms with Crippen LogP contribution in [0.1, 0.15) is 18.1 Å². The predicted octanol–water partition coefficient (Wildman–Crippen LogP) is 6.91. The van der Waals surface area contributed by atoms with Gasteiger partial charge in [0.2, 0.25) is 0 Å². The standard InChI is InChI=1S/C29H25N3OS/c1-2-32-27-10-6-5-9-24(27)25-15-20(11-13-28(25)32)16-30-31-17-26-23-8-4-3-7-21(23)12-14-29(26)33-18-22-19-34-22/h3-17,22H,2,18-19H2,1H3/b30-16-,31-17-. The highest BCUT2D eigenvalue weighted by Gasteiger charge is 2.23. The first-order chi connectivity index (χ1) is 16.8. The molecule has 5 heteroatoms. The average molecular weight is 464 g/mol. The van der Waals surface area contributed by atoms with Crippen LogP contribution in [0.5, 0.6) is 5.75 Å². The largest absolute Gasteiger partial charge is 0.492 e. The summed E-state index contributed by atoms with van der Waals surface area (Å²) in [5.41, 5.74) is 4.52. The molecule has 1 atom stereocenters. The second kappa shape index (κ2) is 8.99. The van der Waals surface area contributed by atoms with Crippen molar-refractivity contribution in [3.05, 3.63) is 90.0 Å². The van der Waals surface area contributed by atoms with Crippen LogP contribution in [0.4, 0.5) is 0 Å². The van der Waals surface area contributed by atoms with Crippen molar-refractivity contribution in [3.63, 3.8) is 0 Å². The van der Waals surface area contributed by atoms with Gasteiger partial charge >= 0.3 is 0 Å². The summed E-state index contributed by atoms with van der Waals surface area (Å²) in [5.74, 6) is 2.04. The summed E-state index contributed by atoms with van der Waals surface area (Å²) in [6, 6.07) is 27.5. The maximum atomic E-state index is 6.12. The van der Waals surface area contributed by atoms with Gasteiger partial charge in [0, 0.05) is 44.9 Å². The summed E-state index contributed by atoms with van der Waals surface area (Å²) in [7, 11) is 0. The first-order valence-corrected chi connectivity index (χ1v) is 12.7. The molecule has 1 fully saturated rings. The number of hydrogen-bond donors (Lipinski definition) is 0. The van der Waals surface area contributed by atoms with Crippen LogP contribution in [0.15, 0.2) is 89.1 Å². The number of aryl methyl sites for hydroxylation is 1. The van der Waals surface area contributed by atoms with Crippen LogP contribution in [0, 0.1) is 0 Å². The van der Waals surface area contributed by atoms with Crippen molar-refractivity contribution in [2.45, 2.75) is 18.7 Å². The zero-order valence-electron chi connectivity index (χ0n) is 19.0. The molecule has 0 N–H and O–H groups in total. The number of ether oxygens (including phenoxy) is 1. The zero-order valence-corrected chi connectivity index (χ0v) is 19.8. The number of aromatic nitrogens is 1. The lowest BCUT2D eigenvalue weighted by atomic mass is 10.0. The van der Waals surface area contributed by atoms with E-state index in [9.17, 15) is 0 Å². The van der Waals surface area contributed by atoms with Gasteiger partial charge in [0.1, 0.15) is 12.4 Å². The lowest BCUT2D eigenvalue weighted by Gasteiger charge is -2.10. The monoisotopic (exact) mass is 463 g/mol. The van der Waals surface area contributed by atoms with E-state index in [0.717, 1.165) is 35.4 Å². The van der Waals surface area contributed by atoms with Crippen molar-refractivity contribution in [1.82, 2.24) is 4.57 Å². The van der Waals surface area contributed by atoms with E-state index in [1.165, 1.54) is 32.9 Å². The van der Waals surface area contributed by atoms with E-state index in [-0.39, 0.29) is 0 Å². The predicted molar refractivity (Wildman–Crippen MR) is 146 cm³/mol. The Morgan fingerprint density at radius 1 is 0.882 bits per heavy atom. The third-order valence-electron chi connectivity index (χ3n) is 6.33. The zero-order chi connectivity index (χ0) is 22.9. The molecule has 1 aliphatic rings. The van der Waals surface area contributed by atoms with Crippen LogP contribution < -0.4 is 4.74 Å². The number of rotatable bonds is 7. The van der Waals surface area contributed by atoms with Crippen molar-refractivity contribution in [2.24, 2.45) is 10.2 Å². The van der Waals surface area contributed by atoms with Crippen molar-refractivity contribution >= 4 is 56.8 Å². The van der Waals surface area contributed by atoms with Gasteiger partial charge in [-0.25, -0.2) is 0 Å². The molecule has 0 amide bonds. The fourth-order valence-electron chi connectivity index (χ4n) is 4.56. The Hall–Kier alpha value is -3.57. The maximum absolute atomic E-state index is 6.12. The minimum atomic E-state index is 0.614. The maximum Gasteiger partial charge on any atom is 0.128 e.